The predicted octanol–water partition coefficient (Wildman–Crippen LogP) is 5.99. The number of carbonyl (C=O) groups is 2. The molecule has 0 aliphatic carbocycles. The van der Waals surface area contributed by atoms with Gasteiger partial charge in [0.05, 0.1) is 17.2 Å². The first-order valence-corrected chi connectivity index (χ1v) is 9.85. The van der Waals surface area contributed by atoms with Crippen LogP contribution in [0.1, 0.15) is 22.7 Å². The molecule has 0 aromatic heterocycles. The third kappa shape index (κ3) is 3.87. The lowest BCUT2D eigenvalue weighted by atomic mass is 9.95. The summed E-state index contributed by atoms with van der Waals surface area (Å²) in [6, 6.07) is 17.3. The van der Waals surface area contributed by atoms with E-state index in [0.29, 0.717) is 16.1 Å². The van der Waals surface area contributed by atoms with Crippen LogP contribution in [0.4, 0.5) is 18.9 Å². The number of ketones is 1. The van der Waals surface area contributed by atoms with Crippen molar-refractivity contribution in [2.45, 2.75) is 12.2 Å². The first-order chi connectivity index (χ1) is 15.2. The number of rotatable bonds is 3. The van der Waals surface area contributed by atoms with Gasteiger partial charge in [-0.2, -0.15) is 13.2 Å². The quantitative estimate of drug-likeness (QED) is 0.299. The van der Waals surface area contributed by atoms with E-state index in [0.717, 1.165) is 23.1 Å². The molecule has 1 N–H and O–H groups in total. The monoisotopic (exact) mass is 457 g/mol. The van der Waals surface area contributed by atoms with Crippen LogP contribution in [0, 0.1) is 0 Å². The number of nitrogens with zero attached hydrogens (tertiary/aromatic N) is 1. The summed E-state index contributed by atoms with van der Waals surface area (Å²) >= 11 is 5.96. The lowest BCUT2D eigenvalue weighted by Crippen LogP contribution is -2.29. The van der Waals surface area contributed by atoms with Crippen molar-refractivity contribution in [1.29, 1.82) is 0 Å². The Kier molecular flexibility index (Phi) is 5.52. The summed E-state index contributed by atoms with van der Waals surface area (Å²) in [5, 5.41) is 11.3. The third-order valence-electron chi connectivity index (χ3n) is 5.13. The zero-order valence-corrected chi connectivity index (χ0v) is 17.1. The summed E-state index contributed by atoms with van der Waals surface area (Å²) in [5.41, 5.74) is -0.596. The van der Waals surface area contributed by atoms with Crippen LogP contribution in [-0.2, 0) is 15.8 Å². The maximum Gasteiger partial charge on any atom is 0.416 e. The van der Waals surface area contributed by atoms with E-state index >= 15 is 0 Å². The lowest BCUT2D eigenvalue weighted by molar-refractivity contribution is -0.137. The Bertz CT molecular complexity index is 1220. The van der Waals surface area contributed by atoms with Crippen LogP contribution in [0.2, 0.25) is 5.02 Å². The molecule has 0 radical (unpaired) electrons. The van der Waals surface area contributed by atoms with E-state index in [4.69, 9.17) is 11.6 Å². The van der Waals surface area contributed by atoms with E-state index in [1.54, 1.807) is 42.5 Å². The van der Waals surface area contributed by atoms with E-state index < -0.39 is 35.2 Å². The molecule has 8 heteroatoms. The van der Waals surface area contributed by atoms with Crippen molar-refractivity contribution in [2.75, 3.05) is 4.90 Å². The highest BCUT2D eigenvalue weighted by molar-refractivity contribution is 6.51. The van der Waals surface area contributed by atoms with Crippen molar-refractivity contribution in [3.63, 3.8) is 0 Å². The molecule has 1 aliphatic rings. The van der Waals surface area contributed by atoms with Crippen molar-refractivity contribution in [3.8, 4) is 0 Å². The van der Waals surface area contributed by atoms with E-state index in [2.05, 4.69) is 0 Å². The Balaban J connectivity index is 1.94. The van der Waals surface area contributed by atoms with Gasteiger partial charge in [0, 0.05) is 16.3 Å². The van der Waals surface area contributed by atoms with Gasteiger partial charge in [0.15, 0.2) is 0 Å². The van der Waals surface area contributed by atoms with Gasteiger partial charge in [0.2, 0.25) is 0 Å². The normalized spacial score (nSPS) is 18.2. The number of anilines is 1. The topological polar surface area (TPSA) is 57.6 Å². The van der Waals surface area contributed by atoms with Crippen molar-refractivity contribution < 1.29 is 27.9 Å². The zero-order chi connectivity index (χ0) is 23.0. The minimum atomic E-state index is -4.64. The number of carbonyl (C=O) groups excluding carboxylic acids is 2. The van der Waals surface area contributed by atoms with Crippen LogP contribution in [0.15, 0.2) is 84.4 Å². The predicted molar refractivity (Wildman–Crippen MR) is 114 cm³/mol. The minimum absolute atomic E-state index is 0.117. The van der Waals surface area contributed by atoms with Crippen molar-refractivity contribution in [2.24, 2.45) is 0 Å². The van der Waals surface area contributed by atoms with Crippen LogP contribution in [0.3, 0.4) is 0 Å². The van der Waals surface area contributed by atoms with Crippen LogP contribution >= 0.6 is 11.6 Å². The molecule has 162 valence electrons. The Morgan fingerprint density at radius 2 is 1.56 bits per heavy atom. The summed E-state index contributed by atoms with van der Waals surface area (Å²) in [6.45, 7) is 0. The van der Waals surface area contributed by atoms with Gasteiger partial charge >= 0.3 is 6.18 Å². The average molecular weight is 458 g/mol. The first-order valence-electron chi connectivity index (χ1n) is 9.47. The highest BCUT2D eigenvalue weighted by atomic mass is 35.5. The molecule has 0 spiro atoms. The zero-order valence-electron chi connectivity index (χ0n) is 16.3. The number of aliphatic hydroxyl groups excluding tert-OH is 1. The summed E-state index contributed by atoms with van der Waals surface area (Å²) in [5.74, 6) is -2.45. The summed E-state index contributed by atoms with van der Waals surface area (Å²) < 4.78 is 39.9. The summed E-state index contributed by atoms with van der Waals surface area (Å²) in [6.07, 6.45) is -4.64. The molecular weight excluding hydrogens is 443 g/mol. The molecule has 1 aliphatic heterocycles. The Morgan fingerprint density at radius 1 is 0.906 bits per heavy atom. The van der Waals surface area contributed by atoms with Crippen molar-refractivity contribution >= 4 is 34.7 Å². The molecule has 4 nitrogen and oxygen atoms in total. The number of amides is 1. The van der Waals surface area contributed by atoms with Crippen LogP contribution in [0.25, 0.3) is 5.76 Å². The maximum atomic E-state index is 13.3. The van der Waals surface area contributed by atoms with Gasteiger partial charge < -0.3 is 5.11 Å². The SMILES string of the molecule is O=C1C(=O)N(c2cccc(C(F)(F)F)c2)[C@H](c2ccc(Cl)cc2)C1=C(O)c1ccccc1. The van der Waals surface area contributed by atoms with Crippen LogP contribution in [0.5, 0.6) is 0 Å². The molecule has 1 heterocycles. The van der Waals surface area contributed by atoms with Crippen molar-refractivity contribution in [1.82, 2.24) is 0 Å². The van der Waals surface area contributed by atoms with Gasteiger partial charge in [-0.1, -0.05) is 60.1 Å². The number of hydrogen-bond acceptors (Lipinski definition) is 3. The molecule has 1 amide bonds. The Labute approximate surface area is 186 Å². The molecular formula is C24H15ClF3NO3. The molecule has 0 bridgehead atoms. The van der Waals surface area contributed by atoms with E-state index in [-0.39, 0.29) is 11.3 Å². The van der Waals surface area contributed by atoms with E-state index in [9.17, 15) is 27.9 Å². The second-order valence-corrected chi connectivity index (χ2v) is 7.57. The van der Waals surface area contributed by atoms with E-state index in [1.165, 1.54) is 18.2 Å². The number of aliphatic hydroxyl groups is 1. The van der Waals surface area contributed by atoms with E-state index in [1.807, 2.05) is 0 Å². The molecule has 32 heavy (non-hydrogen) atoms. The number of benzene rings is 3. The molecule has 3 aromatic carbocycles. The number of halogens is 4. The molecule has 1 saturated heterocycles. The fourth-order valence-corrected chi connectivity index (χ4v) is 3.77. The Hall–Kier alpha value is -3.58. The highest BCUT2D eigenvalue weighted by Crippen LogP contribution is 2.43. The number of alkyl halides is 3. The first kappa shape index (κ1) is 21.6. The fourth-order valence-electron chi connectivity index (χ4n) is 3.64. The summed E-state index contributed by atoms with van der Waals surface area (Å²) in [4.78, 5) is 26.9. The van der Waals surface area contributed by atoms with Gasteiger partial charge in [-0.05, 0) is 35.9 Å². The van der Waals surface area contributed by atoms with Gasteiger partial charge in [-0.3, -0.25) is 14.5 Å². The van der Waals surface area contributed by atoms with Crippen LogP contribution < -0.4 is 4.90 Å². The lowest BCUT2D eigenvalue weighted by Gasteiger charge is -2.26. The summed E-state index contributed by atoms with van der Waals surface area (Å²) in [7, 11) is 0. The van der Waals surface area contributed by atoms with Gasteiger partial charge in [-0.15, -0.1) is 0 Å². The second-order valence-electron chi connectivity index (χ2n) is 7.13. The van der Waals surface area contributed by atoms with Gasteiger partial charge in [0.25, 0.3) is 11.7 Å². The average Bonchev–Trinajstić information content (AvgIpc) is 3.04. The van der Waals surface area contributed by atoms with Gasteiger partial charge in [0.1, 0.15) is 5.76 Å². The molecule has 0 unspecified atom stereocenters. The molecule has 1 atom stereocenters. The molecule has 3 aromatic rings. The highest BCUT2D eigenvalue weighted by Gasteiger charge is 2.47. The maximum absolute atomic E-state index is 13.3. The largest absolute Gasteiger partial charge is 0.507 e. The van der Waals surface area contributed by atoms with Crippen LogP contribution in [-0.4, -0.2) is 16.8 Å². The number of hydrogen-bond donors (Lipinski definition) is 1. The number of Topliss-reactive ketones (excluding diaryl/α,β-unsaturated/α-hetero) is 1. The molecule has 0 saturated carbocycles. The standard InChI is InChI=1S/C24H15ClF3NO3/c25-17-11-9-14(10-12-17)20-19(21(30)15-5-2-1-3-6-15)22(31)23(32)29(20)18-8-4-7-16(13-18)24(26,27)28/h1-13,20,30H/t20-/m1/s1. The molecule has 1 fully saturated rings. The smallest absolute Gasteiger partial charge is 0.416 e. The van der Waals surface area contributed by atoms with Gasteiger partial charge in [-0.25, -0.2) is 0 Å². The third-order valence-corrected chi connectivity index (χ3v) is 5.38. The Morgan fingerprint density at radius 3 is 2.19 bits per heavy atom. The minimum Gasteiger partial charge on any atom is -0.507 e. The van der Waals surface area contributed by atoms with Crippen molar-refractivity contribution in [3.05, 3.63) is 106 Å². The molecule has 4 rings (SSSR count). The second kappa shape index (κ2) is 8.16. The fraction of sp³-hybridized carbons (Fsp3) is 0.0833.